The van der Waals surface area contributed by atoms with E-state index < -0.39 is 10.8 Å². The van der Waals surface area contributed by atoms with Crippen molar-refractivity contribution in [2.75, 3.05) is 31.1 Å². The Morgan fingerprint density at radius 2 is 1.74 bits per heavy atom. The molecule has 0 aromatic rings. The van der Waals surface area contributed by atoms with Crippen molar-refractivity contribution in [1.29, 1.82) is 0 Å². The van der Waals surface area contributed by atoms with Crippen molar-refractivity contribution >= 4 is 10.8 Å². The Labute approximate surface area is 120 Å². The van der Waals surface area contributed by atoms with Gasteiger partial charge in [0.1, 0.15) is 0 Å². The van der Waals surface area contributed by atoms with Gasteiger partial charge in [0.2, 0.25) is 0 Å². The lowest BCUT2D eigenvalue weighted by molar-refractivity contribution is 0.204. The number of nitrogens with one attached hydrogen (secondary N) is 1. The zero-order valence-electron chi connectivity index (χ0n) is 12.4. The van der Waals surface area contributed by atoms with E-state index >= 15 is 0 Å². The summed E-state index contributed by atoms with van der Waals surface area (Å²) in [6, 6.07) is 1.30. The molecule has 2 heterocycles. The van der Waals surface area contributed by atoms with E-state index in [1.807, 2.05) is 0 Å². The molecule has 2 saturated heterocycles. The molecule has 0 aromatic carbocycles. The minimum atomic E-state index is -0.535. The van der Waals surface area contributed by atoms with E-state index in [9.17, 15) is 4.21 Å². The van der Waals surface area contributed by atoms with Crippen LogP contribution in [0.3, 0.4) is 0 Å². The van der Waals surface area contributed by atoms with Crippen LogP contribution < -0.4 is 5.32 Å². The molecular weight excluding hydrogens is 256 g/mol. The highest BCUT2D eigenvalue weighted by atomic mass is 32.2. The molecule has 2 rings (SSSR count). The Balaban J connectivity index is 1.66. The summed E-state index contributed by atoms with van der Waals surface area (Å²) in [5, 5.41) is 3.79. The predicted octanol–water partition coefficient (Wildman–Crippen LogP) is 1.92. The molecule has 0 unspecified atom stereocenters. The average Bonchev–Trinajstić information content (AvgIpc) is 2.40. The monoisotopic (exact) mass is 284 g/mol. The van der Waals surface area contributed by atoms with Gasteiger partial charge in [0, 0.05) is 40.9 Å². The summed E-state index contributed by atoms with van der Waals surface area (Å²) in [6.07, 6.45) is 7.05. The Kier molecular flexibility index (Phi) is 6.05. The number of rotatable bonds is 4. The summed E-state index contributed by atoms with van der Waals surface area (Å²) in [4.78, 5) is 2.54. The third-order valence-electron chi connectivity index (χ3n) is 4.20. The van der Waals surface area contributed by atoms with Gasteiger partial charge < -0.3 is 5.32 Å². The van der Waals surface area contributed by atoms with E-state index in [0.29, 0.717) is 12.1 Å². The number of nitrogens with zero attached hydrogens (tertiary/aromatic N) is 1. The highest BCUT2D eigenvalue weighted by molar-refractivity contribution is 7.85. The smallest absolute Gasteiger partial charge is 0.0249 e. The standard InChI is InChI=1S/C15H28N2OS/c1-13(2)3-8-17-9-4-14(5-10-17)16-15-6-11-19(18)12-7-15/h3,14-16H,4-12H2,1-2H3. The highest BCUT2D eigenvalue weighted by Gasteiger charge is 2.23. The second kappa shape index (κ2) is 7.55. The molecule has 0 bridgehead atoms. The Morgan fingerprint density at radius 3 is 2.32 bits per heavy atom. The van der Waals surface area contributed by atoms with Crippen molar-refractivity contribution in [2.45, 2.75) is 51.6 Å². The lowest BCUT2D eigenvalue weighted by Gasteiger charge is -2.35. The van der Waals surface area contributed by atoms with Crippen LogP contribution in [-0.4, -0.2) is 52.3 Å². The van der Waals surface area contributed by atoms with Crippen LogP contribution in [0.2, 0.25) is 0 Å². The first-order valence-corrected chi connectivity index (χ1v) is 9.09. The summed E-state index contributed by atoms with van der Waals surface area (Å²) in [7, 11) is -0.535. The molecule has 0 amide bonds. The summed E-state index contributed by atoms with van der Waals surface area (Å²) in [5.41, 5.74) is 1.41. The molecule has 0 spiro atoms. The Morgan fingerprint density at radius 1 is 1.16 bits per heavy atom. The van der Waals surface area contributed by atoms with Crippen molar-refractivity contribution in [3.63, 3.8) is 0 Å². The minimum Gasteiger partial charge on any atom is -0.311 e. The van der Waals surface area contributed by atoms with E-state index in [4.69, 9.17) is 0 Å². The van der Waals surface area contributed by atoms with Crippen LogP contribution in [0, 0.1) is 0 Å². The molecule has 0 radical (unpaired) electrons. The number of hydrogen-bond donors (Lipinski definition) is 1. The van der Waals surface area contributed by atoms with Crippen LogP contribution in [0.15, 0.2) is 11.6 Å². The van der Waals surface area contributed by atoms with Gasteiger partial charge >= 0.3 is 0 Å². The third kappa shape index (κ3) is 5.36. The molecule has 2 fully saturated rings. The fourth-order valence-electron chi connectivity index (χ4n) is 2.89. The van der Waals surface area contributed by atoms with Crippen LogP contribution in [0.1, 0.15) is 39.5 Å². The summed E-state index contributed by atoms with van der Waals surface area (Å²) in [6.45, 7) is 7.86. The molecule has 19 heavy (non-hydrogen) atoms. The number of hydrogen-bond acceptors (Lipinski definition) is 3. The van der Waals surface area contributed by atoms with Crippen molar-refractivity contribution in [1.82, 2.24) is 10.2 Å². The first-order valence-electron chi connectivity index (χ1n) is 7.60. The van der Waals surface area contributed by atoms with Gasteiger partial charge in [-0.25, -0.2) is 0 Å². The molecule has 0 aliphatic carbocycles. The molecular formula is C15H28N2OS. The van der Waals surface area contributed by atoms with Crippen molar-refractivity contribution < 1.29 is 4.21 Å². The number of allylic oxidation sites excluding steroid dienone is 1. The van der Waals surface area contributed by atoms with Crippen LogP contribution >= 0.6 is 0 Å². The largest absolute Gasteiger partial charge is 0.311 e. The topological polar surface area (TPSA) is 32.3 Å². The molecule has 2 aliphatic heterocycles. The molecule has 2 aliphatic rings. The van der Waals surface area contributed by atoms with Crippen LogP contribution in [0.4, 0.5) is 0 Å². The van der Waals surface area contributed by atoms with Crippen molar-refractivity contribution in [2.24, 2.45) is 0 Å². The van der Waals surface area contributed by atoms with Gasteiger partial charge in [-0.1, -0.05) is 11.6 Å². The second-order valence-corrected chi connectivity index (χ2v) is 7.84. The maximum absolute atomic E-state index is 11.3. The maximum atomic E-state index is 11.3. The van der Waals surface area contributed by atoms with E-state index in [0.717, 1.165) is 30.9 Å². The van der Waals surface area contributed by atoms with Crippen molar-refractivity contribution in [3.8, 4) is 0 Å². The van der Waals surface area contributed by atoms with Gasteiger partial charge in [0.25, 0.3) is 0 Å². The first-order chi connectivity index (χ1) is 9.13. The van der Waals surface area contributed by atoms with Gasteiger partial charge in [0.15, 0.2) is 0 Å². The molecule has 1 N–H and O–H groups in total. The van der Waals surface area contributed by atoms with Gasteiger partial charge in [-0.15, -0.1) is 0 Å². The second-order valence-electron chi connectivity index (χ2n) is 6.15. The summed E-state index contributed by atoms with van der Waals surface area (Å²) >= 11 is 0. The number of likely N-dealkylation sites (tertiary alicyclic amines) is 1. The SMILES string of the molecule is CC(C)=CCN1CCC(NC2CCS(=O)CC2)CC1. The molecule has 4 heteroatoms. The van der Waals surface area contributed by atoms with Crippen molar-refractivity contribution in [3.05, 3.63) is 11.6 Å². The molecule has 0 aromatic heterocycles. The molecule has 3 nitrogen and oxygen atoms in total. The van der Waals surface area contributed by atoms with Gasteiger partial charge in [0.05, 0.1) is 0 Å². The number of piperidine rings is 1. The lowest BCUT2D eigenvalue weighted by atomic mass is 10.0. The van der Waals surface area contributed by atoms with E-state index in [-0.39, 0.29) is 0 Å². The van der Waals surface area contributed by atoms with Gasteiger partial charge in [-0.05, 0) is 52.6 Å². The first kappa shape index (κ1) is 15.2. The van der Waals surface area contributed by atoms with Crippen LogP contribution in [0.5, 0.6) is 0 Å². The van der Waals surface area contributed by atoms with Crippen LogP contribution in [0.25, 0.3) is 0 Å². The molecule has 0 saturated carbocycles. The fraction of sp³-hybridized carbons (Fsp3) is 0.867. The van der Waals surface area contributed by atoms with Gasteiger partial charge in [-0.3, -0.25) is 9.11 Å². The fourth-order valence-corrected chi connectivity index (χ4v) is 4.19. The molecule has 110 valence electrons. The van der Waals surface area contributed by atoms with Crippen LogP contribution in [-0.2, 0) is 10.8 Å². The van der Waals surface area contributed by atoms with E-state index in [1.54, 1.807) is 0 Å². The summed E-state index contributed by atoms with van der Waals surface area (Å²) < 4.78 is 11.3. The van der Waals surface area contributed by atoms with Gasteiger partial charge in [-0.2, -0.15) is 0 Å². The highest BCUT2D eigenvalue weighted by Crippen LogP contribution is 2.15. The Hall–Kier alpha value is -0.190. The summed E-state index contributed by atoms with van der Waals surface area (Å²) in [5.74, 6) is 1.80. The zero-order valence-corrected chi connectivity index (χ0v) is 13.2. The normalized spacial score (nSPS) is 30.2. The van der Waals surface area contributed by atoms with E-state index in [2.05, 4.69) is 30.1 Å². The predicted molar refractivity (Wildman–Crippen MR) is 82.9 cm³/mol. The Bertz CT molecular complexity index is 321. The molecule has 0 atom stereocenters. The lowest BCUT2D eigenvalue weighted by Crippen LogP contribution is -2.47. The quantitative estimate of drug-likeness (QED) is 0.801. The minimum absolute atomic E-state index is 0.535. The average molecular weight is 284 g/mol. The maximum Gasteiger partial charge on any atom is 0.0249 e. The zero-order chi connectivity index (χ0) is 13.7. The van der Waals surface area contributed by atoms with E-state index in [1.165, 1.54) is 31.5 Å². The third-order valence-corrected chi connectivity index (χ3v) is 5.59.